The van der Waals surface area contributed by atoms with E-state index in [0.717, 1.165) is 0 Å². The summed E-state index contributed by atoms with van der Waals surface area (Å²) in [5.41, 5.74) is -1.12. The van der Waals surface area contributed by atoms with Crippen LogP contribution in [0.15, 0.2) is 35.8 Å². The molecule has 4 aromatic rings. The Bertz CT molecular complexity index is 1730. The fourth-order valence-electron chi connectivity index (χ4n) is 5.67. The molecule has 0 unspecified atom stereocenters. The lowest BCUT2D eigenvalue weighted by Gasteiger charge is -2.41. The van der Waals surface area contributed by atoms with Gasteiger partial charge in [0.05, 0.1) is 38.0 Å². The van der Waals surface area contributed by atoms with Crippen LogP contribution >= 0.6 is 220 Å². The first-order chi connectivity index (χ1) is 22.9. The van der Waals surface area contributed by atoms with Crippen molar-refractivity contribution < 1.29 is 20.4 Å². The van der Waals surface area contributed by atoms with Crippen LogP contribution in [0.3, 0.4) is 0 Å². The molecule has 0 aliphatic heterocycles. The molecular formula is C30H14Br8Cl8O4. The van der Waals surface area contributed by atoms with E-state index in [4.69, 9.17) is 92.8 Å². The number of aromatic hydroxyl groups is 4. The van der Waals surface area contributed by atoms with Crippen LogP contribution in [-0.4, -0.2) is 20.4 Å². The van der Waals surface area contributed by atoms with E-state index < -0.39 is 22.3 Å². The van der Waals surface area contributed by atoms with Crippen molar-refractivity contribution in [3.05, 3.63) is 98.2 Å². The van der Waals surface area contributed by atoms with Crippen LogP contribution in [0, 0.1) is 0 Å². The second-order valence-corrected chi connectivity index (χ2v) is 20.5. The molecular weight excluding hydrogens is 1350 g/mol. The highest BCUT2D eigenvalue weighted by molar-refractivity contribution is 9.14. The van der Waals surface area contributed by atoms with Crippen LogP contribution < -0.4 is 0 Å². The number of benzene rings is 4. The Morgan fingerprint density at radius 2 is 0.540 bits per heavy atom. The summed E-state index contributed by atoms with van der Waals surface area (Å²) in [6.45, 7) is 3.63. The molecule has 0 saturated heterocycles. The second kappa shape index (κ2) is 16.6. The molecule has 270 valence electrons. The molecule has 0 spiro atoms. The standard InChI is InChI=1S/C30H14Br8Cl8O4/c1-29(5-9(31)13(35)25(47)14(36)10(5)32,6-11(33)15(37)26(48)16(38)12(6)34)3-4-30(2,7-17(39)21(43)27(49)22(44)18(7)40)8-19(41)23(45)28(50)24(46)20(8)42/h47-50H,3-4H2,1-2H3. The van der Waals surface area contributed by atoms with Crippen LogP contribution in [0.2, 0.25) is 40.2 Å². The third-order valence-electron chi connectivity index (χ3n) is 8.29. The molecule has 4 aromatic carbocycles. The maximum absolute atomic E-state index is 10.9. The van der Waals surface area contributed by atoms with E-state index in [1.165, 1.54) is 0 Å². The fourth-order valence-corrected chi connectivity index (χ4v) is 14.1. The molecule has 0 atom stereocenters. The van der Waals surface area contributed by atoms with Crippen molar-refractivity contribution in [1.29, 1.82) is 0 Å². The largest absolute Gasteiger partial charge is 0.505 e. The SMILES string of the molecule is CC(CCC(C)(c1c(Br)c(Br)c(O)c(Br)c1Br)c1c(Br)c(Br)c(O)c(Br)c1Br)(c1c(Cl)c(Cl)c(O)c(Cl)c1Cl)c1c(Cl)c(Cl)c(O)c(Cl)c1Cl. The molecule has 50 heavy (non-hydrogen) atoms. The predicted molar refractivity (Wildman–Crippen MR) is 236 cm³/mol. The van der Waals surface area contributed by atoms with Crippen molar-refractivity contribution in [2.45, 2.75) is 37.5 Å². The number of hydrogen-bond acceptors (Lipinski definition) is 4. The summed E-state index contributed by atoms with van der Waals surface area (Å²) >= 11 is 82.3. The Morgan fingerprint density at radius 3 is 0.760 bits per heavy atom. The van der Waals surface area contributed by atoms with Gasteiger partial charge in [0.25, 0.3) is 0 Å². The topological polar surface area (TPSA) is 80.9 Å². The van der Waals surface area contributed by atoms with Gasteiger partial charge in [-0.3, -0.25) is 0 Å². The first-order valence-corrected chi connectivity index (χ1v) is 22.5. The first kappa shape index (κ1) is 44.9. The van der Waals surface area contributed by atoms with Crippen molar-refractivity contribution in [2.75, 3.05) is 0 Å². The highest BCUT2D eigenvalue weighted by Gasteiger charge is 2.46. The molecule has 4 nitrogen and oxygen atoms in total. The van der Waals surface area contributed by atoms with Crippen molar-refractivity contribution >= 4 is 220 Å². The van der Waals surface area contributed by atoms with E-state index >= 15 is 0 Å². The lowest BCUT2D eigenvalue weighted by molar-refractivity contribution is 0.405. The molecule has 4 N–H and O–H groups in total. The Labute approximate surface area is 393 Å². The average molecular weight is 1360 g/mol. The Morgan fingerprint density at radius 1 is 0.340 bits per heavy atom. The number of phenolic OH excluding ortho intramolecular Hbond substituents is 4. The predicted octanol–water partition coefficient (Wildman–Crippen LogP) is 17.9. The van der Waals surface area contributed by atoms with E-state index in [9.17, 15) is 20.4 Å². The van der Waals surface area contributed by atoms with Gasteiger partial charge in [-0.15, -0.1) is 0 Å². The highest BCUT2D eigenvalue weighted by Crippen LogP contribution is 2.62. The van der Waals surface area contributed by atoms with Crippen LogP contribution in [0.4, 0.5) is 0 Å². The van der Waals surface area contributed by atoms with Gasteiger partial charge in [-0.25, -0.2) is 0 Å². The molecule has 0 heterocycles. The maximum atomic E-state index is 10.9. The van der Waals surface area contributed by atoms with Crippen molar-refractivity contribution in [3.8, 4) is 23.0 Å². The molecule has 0 bridgehead atoms. The van der Waals surface area contributed by atoms with E-state index in [1.807, 2.05) is 6.92 Å². The van der Waals surface area contributed by atoms with E-state index in [0.29, 0.717) is 46.9 Å². The molecule has 0 fully saturated rings. The zero-order chi connectivity index (χ0) is 38.3. The first-order valence-electron chi connectivity index (χ1n) is 13.1. The zero-order valence-corrected chi connectivity index (χ0v) is 43.0. The zero-order valence-electron chi connectivity index (χ0n) is 24.3. The minimum absolute atomic E-state index is 0.0429. The van der Waals surface area contributed by atoms with Gasteiger partial charge >= 0.3 is 0 Å². The number of hydrogen-bond donors (Lipinski definition) is 4. The van der Waals surface area contributed by atoms with Crippen molar-refractivity contribution in [2.24, 2.45) is 0 Å². The molecule has 4 rings (SSSR count). The maximum Gasteiger partial charge on any atom is 0.155 e. The van der Waals surface area contributed by atoms with Crippen LogP contribution in [0.5, 0.6) is 23.0 Å². The van der Waals surface area contributed by atoms with Gasteiger partial charge in [0.15, 0.2) is 11.5 Å². The lowest BCUT2D eigenvalue weighted by Crippen LogP contribution is -2.33. The van der Waals surface area contributed by atoms with Gasteiger partial charge in [-0.1, -0.05) is 107 Å². The van der Waals surface area contributed by atoms with Crippen molar-refractivity contribution in [3.63, 3.8) is 0 Å². The molecule has 0 aromatic heterocycles. The summed E-state index contributed by atoms with van der Waals surface area (Å²) in [5, 5.41) is 41.3. The molecule has 0 saturated carbocycles. The quantitative estimate of drug-likeness (QED) is 0.139. The monoisotopic (exact) mass is 1350 g/mol. The van der Waals surface area contributed by atoms with Crippen LogP contribution in [-0.2, 0) is 10.8 Å². The summed E-state index contributed by atoms with van der Waals surface area (Å²) < 4.78 is 3.27. The molecule has 0 amide bonds. The van der Waals surface area contributed by atoms with E-state index in [-0.39, 0.29) is 75.6 Å². The Hall–Kier alpha value is 2.24. The van der Waals surface area contributed by atoms with Gasteiger partial charge < -0.3 is 20.4 Å². The second-order valence-electron chi connectivity index (χ2n) is 11.1. The lowest BCUT2D eigenvalue weighted by atomic mass is 9.66. The Balaban J connectivity index is 2.23. The third kappa shape index (κ3) is 7.29. The number of phenols is 4. The van der Waals surface area contributed by atoms with Gasteiger partial charge in [0.1, 0.15) is 31.6 Å². The number of rotatable bonds is 7. The Kier molecular flexibility index (Phi) is 14.9. The van der Waals surface area contributed by atoms with Crippen LogP contribution in [0.25, 0.3) is 0 Å². The smallest absolute Gasteiger partial charge is 0.155 e. The molecule has 0 radical (unpaired) electrons. The minimum Gasteiger partial charge on any atom is -0.505 e. The summed E-state index contributed by atoms with van der Waals surface area (Å²) in [7, 11) is 0. The summed E-state index contributed by atoms with van der Waals surface area (Å²) in [6.07, 6.45) is 0.192. The summed E-state index contributed by atoms with van der Waals surface area (Å²) in [5.74, 6) is -1.25. The molecule has 0 aliphatic rings. The number of halogens is 16. The molecule has 20 heteroatoms. The van der Waals surface area contributed by atoms with Gasteiger partial charge in [0.2, 0.25) is 0 Å². The average Bonchev–Trinajstić information content (AvgIpc) is 3.07. The normalized spacial score (nSPS) is 12.3. The van der Waals surface area contributed by atoms with Gasteiger partial charge in [0, 0.05) is 39.8 Å². The fraction of sp³-hybridized carbons (Fsp3) is 0.200. The van der Waals surface area contributed by atoms with Gasteiger partial charge in [-0.2, -0.15) is 0 Å². The minimum atomic E-state index is -1.49. The summed E-state index contributed by atoms with van der Waals surface area (Å²) in [6, 6.07) is 0. The third-order valence-corrected chi connectivity index (χ3v) is 20.1. The summed E-state index contributed by atoms with van der Waals surface area (Å²) in [4.78, 5) is 0. The van der Waals surface area contributed by atoms with Gasteiger partial charge in [-0.05, 0) is 151 Å². The van der Waals surface area contributed by atoms with Crippen LogP contribution in [0.1, 0.15) is 48.9 Å². The highest BCUT2D eigenvalue weighted by atomic mass is 79.9. The van der Waals surface area contributed by atoms with Crippen molar-refractivity contribution in [1.82, 2.24) is 0 Å². The van der Waals surface area contributed by atoms with E-state index in [1.54, 1.807) is 6.92 Å². The molecule has 0 aliphatic carbocycles. The van der Waals surface area contributed by atoms with E-state index in [2.05, 4.69) is 127 Å².